The first-order valence-corrected chi connectivity index (χ1v) is 7.43. The molecule has 5 heteroatoms. The average molecular weight is 291 g/mol. The van der Waals surface area contributed by atoms with Crippen LogP contribution >= 0.6 is 0 Å². The molecule has 21 heavy (non-hydrogen) atoms. The molecule has 0 spiro atoms. The molecule has 2 rings (SSSR count). The Bertz CT molecular complexity index is 498. The van der Waals surface area contributed by atoms with E-state index < -0.39 is 0 Å². The molecule has 1 aliphatic carbocycles. The van der Waals surface area contributed by atoms with Gasteiger partial charge >= 0.3 is 5.97 Å². The Morgan fingerprint density at radius 3 is 2.52 bits per heavy atom. The molecule has 0 aromatic heterocycles. The fourth-order valence-corrected chi connectivity index (χ4v) is 3.21. The predicted molar refractivity (Wildman–Crippen MR) is 79.0 cm³/mol. The van der Waals surface area contributed by atoms with Crippen molar-refractivity contribution in [3.63, 3.8) is 0 Å². The minimum atomic E-state index is -0.386. The van der Waals surface area contributed by atoms with E-state index in [9.17, 15) is 14.9 Å². The lowest BCUT2D eigenvalue weighted by molar-refractivity contribution is -0.384. The molecule has 0 bridgehead atoms. The molecular weight excluding hydrogens is 270 g/mol. The average Bonchev–Trinajstić information content (AvgIpc) is 2.72. The number of carbonyl (C=O) groups excluding carboxylic acids is 1. The largest absolute Gasteiger partial charge is 0.469 e. The van der Waals surface area contributed by atoms with Crippen molar-refractivity contribution >= 4 is 11.7 Å². The molecule has 0 aliphatic heterocycles. The van der Waals surface area contributed by atoms with Crippen LogP contribution < -0.4 is 0 Å². The Labute approximate surface area is 124 Å². The zero-order valence-electron chi connectivity index (χ0n) is 12.3. The lowest BCUT2D eigenvalue weighted by atomic mass is 9.80. The Balaban J connectivity index is 2.18. The van der Waals surface area contributed by atoms with Crippen LogP contribution in [0.4, 0.5) is 5.69 Å². The van der Waals surface area contributed by atoms with Gasteiger partial charge in [-0.3, -0.25) is 14.9 Å². The summed E-state index contributed by atoms with van der Waals surface area (Å²) in [6, 6.07) is 6.77. The first kappa shape index (κ1) is 15.5. The number of nitro benzene ring substituents is 1. The van der Waals surface area contributed by atoms with Crippen molar-refractivity contribution in [2.45, 2.75) is 44.4 Å². The van der Waals surface area contributed by atoms with Crippen LogP contribution in [0.15, 0.2) is 24.3 Å². The SMILES string of the molecule is COC(=O)CC1CCCCCC1c1ccc([N+](=O)[O-])cc1. The van der Waals surface area contributed by atoms with Crippen LogP contribution in [0.5, 0.6) is 0 Å². The van der Waals surface area contributed by atoms with Gasteiger partial charge in [0.2, 0.25) is 0 Å². The zero-order chi connectivity index (χ0) is 15.2. The molecule has 0 radical (unpaired) electrons. The second kappa shape index (κ2) is 7.20. The van der Waals surface area contributed by atoms with Gasteiger partial charge in [-0.15, -0.1) is 0 Å². The van der Waals surface area contributed by atoms with Crippen molar-refractivity contribution in [2.75, 3.05) is 7.11 Å². The first-order valence-electron chi connectivity index (χ1n) is 7.43. The van der Waals surface area contributed by atoms with Crippen molar-refractivity contribution in [1.29, 1.82) is 0 Å². The van der Waals surface area contributed by atoms with E-state index in [1.165, 1.54) is 13.5 Å². The third-order valence-electron chi connectivity index (χ3n) is 4.35. The third-order valence-corrected chi connectivity index (χ3v) is 4.35. The van der Waals surface area contributed by atoms with Crippen LogP contribution in [0.1, 0.15) is 50.0 Å². The Morgan fingerprint density at radius 1 is 1.24 bits per heavy atom. The molecule has 1 aromatic rings. The number of benzene rings is 1. The summed E-state index contributed by atoms with van der Waals surface area (Å²) in [6.07, 6.45) is 5.92. The third kappa shape index (κ3) is 4.03. The van der Waals surface area contributed by atoms with Gasteiger partial charge in [0.05, 0.1) is 12.0 Å². The summed E-state index contributed by atoms with van der Waals surface area (Å²) in [5, 5.41) is 10.7. The van der Waals surface area contributed by atoms with Gasteiger partial charge in [-0.2, -0.15) is 0 Å². The molecule has 1 aromatic carbocycles. The molecule has 1 aliphatic rings. The summed E-state index contributed by atoms with van der Waals surface area (Å²) >= 11 is 0. The number of esters is 1. The summed E-state index contributed by atoms with van der Waals surface area (Å²) in [5.41, 5.74) is 1.20. The zero-order valence-corrected chi connectivity index (χ0v) is 12.3. The van der Waals surface area contributed by atoms with E-state index >= 15 is 0 Å². The number of carbonyl (C=O) groups is 1. The van der Waals surface area contributed by atoms with Crippen LogP contribution in [0.25, 0.3) is 0 Å². The van der Waals surface area contributed by atoms with Gasteiger partial charge in [0.15, 0.2) is 0 Å². The van der Waals surface area contributed by atoms with E-state index in [0.717, 1.165) is 31.2 Å². The molecular formula is C16H21NO4. The Morgan fingerprint density at radius 2 is 1.90 bits per heavy atom. The normalized spacial score (nSPS) is 22.3. The number of rotatable bonds is 4. The van der Waals surface area contributed by atoms with Crippen LogP contribution in [0.2, 0.25) is 0 Å². The van der Waals surface area contributed by atoms with Crippen molar-refractivity contribution in [1.82, 2.24) is 0 Å². The number of non-ortho nitro benzene ring substituents is 1. The topological polar surface area (TPSA) is 69.4 Å². The molecule has 0 saturated heterocycles. The minimum absolute atomic E-state index is 0.108. The van der Waals surface area contributed by atoms with E-state index in [1.54, 1.807) is 12.1 Å². The molecule has 114 valence electrons. The van der Waals surface area contributed by atoms with Crippen molar-refractivity contribution in [3.05, 3.63) is 39.9 Å². The van der Waals surface area contributed by atoms with Crippen molar-refractivity contribution in [3.8, 4) is 0 Å². The number of hydrogen-bond acceptors (Lipinski definition) is 4. The van der Waals surface area contributed by atoms with Gasteiger partial charge in [-0.05, 0) is 30.2 Å². The molecule has 0 amide bonds. The van der Waals surface area contributed by atoms with Crippen molar-refractivity contribution in [2.24, 2.45) is 5.92 Å². The summed E-state index contributed by atoms with van der Waals surface area (Å²) < 4.78 is 4.80. The molecule has 2 unspecified atom stereocenters. The summed E-state index contributed by atoms with van der Waals surface area (Å²) in [4.78, 5) is 22.0. The number of nitro groups is 1. The van der Waals surface area contributed by atoms with E-state index in [-0.39, 0.29) is 28.4 Å². The lowest BCUT2D eigenvalue weighted by Gasteiger charge is -2.24. The number of hydrogen-bond donors (Lipinski definition) is 0. The summed E-state index contributed by atoms with van der Waals surface area (Å²) in [7, 11) is 1.42. The molecule has 2 atom stereocenters. The standard InChI is InChI=1S/C16H21NO4/c1-21-16(18)11-13-5-3-2-4-6-15(13)12-7-9-14(10-8-12)17(19)20/h7-10,13,15H,2-6,11H2,1H3. The van der Waals surface area contributed by atoms with E-state index in [1.807, 2.05) is 12.1 Å². The second-order valence-electron chi connectivity index (χ2n) is 5.63. The van der Waals surface area contributed by atoms with Gasteiger partial charge in [0.25, 0.3) is 5.69 Å². The smallest absolute Gasteiger partial charge is 0.305 e. The van der Waals surface area contributed by atoms with Gasteiger partial charge < -0.3 is 4.74 Å². The number of ether oxygens (including phenoxy) is 1. The van der Waals surface area contributed by atoms with Gasteiger partial charge in [0, 0.05) is 18.6 Å². The van der Waals surface area contributed by atoms with Crippen molar-refractivity contribution < 1.29 is 14.5 Å². The predicted octanol–water partition coefficient (Wildman–Crippen LogP) is 3.82. The van der Waals surface area contributed by atoms with Crippen LogP contribution in [-0.2, 0) is 9.53 Å². The van der Waals surface area contributed by atoms with Crippen LogP contribution in [0, 0.1) is 16.0 Å². The maximum absolute atomic E-state index is 11.6. The molecule has 1 saturated carbocycles. The number of methoxy groups -OCH3 is 1. The highest BCUT2D eigenvalue weighted by atomic mass is 16.6. The lowest BCUT2D eigenvalue weighted by Crippen LogP contribution is -2.17. The number of nitrogens with zero attached hydrogens (tertiary/aromatic N) is 1. The highest BCUT2D eigenvalue weighted by Gasteiger charge is 2.27. The first-order chi connectivity index (χ1) is 10.1. The van der Waals surface area contributed by atoms with Gasteiger partial charge in [-0.1, -0.05) is 31.4 Å². The van der Waals surface area contributed by atoms with Gasteiger partial charge in [-0.25, -0.2) is 0 Å². The molecule has 0 N–H and O–H groups in total. The molecule has 5 nitrogen and oxygen atoms in total. The molecule has 1 fully saturated rings. The second-order valence-corrected chi connectivity index (χ2v) is 5.63. The fraction of sp³-hybridized carbons (Fsp3) is 0.562. The van der Waals surface area contributed by atoms with E-state index in [2.05, 4.69) is 0 Å². The molecule has 0 heterocycles. The maximum atomic E-state index is 11.6. The summed E-state index contributed by atoms with van der Waals surface area (Å²) in [6.45, 7) is 0. The Hall–Kier alpha value is -1.91. The maximum Gasteiger partial charge on any atom is 0.305 e. The minimum Gasteiger partial charge on any atom is -0.469 e. The monoisotopic (exact) mass is 291 g/mol. The van der Waals surface area contributed by atoms with E-state index in [4.69, 9.17) is 4.74 Å². The highest BCUT2D eigenvalue weighted by molar-refractivity contribution is 5.69. The summed E-state index contributed by atoms with van der Waals surface area (Å²) in [5.74, 6) is 0.377. The Kier molecular flexibility index (Phi) is 5.31. The van der Waals surface area contributed by atoms with Gasteiger partial charge in [0.1, 0.15) is 0 Å². The van der Waals surface area contributed by atoms with Crippen LogP contribution in [0.3, 0.4) is 0 Å². The quantitative estimate of drug-likeness (QED) is 0.366. The fourth-order valence-electron chi connectivity index (χ4n) is 3.21. The van der Waals surface area contributed by atoms with E-state index in [0.29, 0.717) is 6.42 Å². The highest BCUT2D eigenvalue weighted by Crippen LogP contribution is 2.39. The van der Waals surface area contributed by atoms with Crippen LogP contribution in [-0.4, -0.2) is 18.0 Å².